The molecule has 0 aromatic carbocycles. The molecule has 78 valence electrons. The first-order valence-electron chi connectivity index (χ1n) is 3.08. The predicted molar refractivity (Wildman–Crippen MR) is 46.5 cm³/mol. The summed E-state index contributed by atoms with van der Waals surface area (Å²) in [7, 11) is 0.611. The Morgan fingerprint density at radius 2 is 1.54 bits per heavy atom. The topological polar surface area (TPSA) is 82.1 Å². The molecule has 7 heteroatoms. The van der Waals surface area contributed by atoms with Crippen LogP contribution in [0.4, 0.5) is 0 Å². The molecule has 13 heavy (non-hydrogen) atoms. The molecule has 0 atom stereocenters. The molecule has 0 rings (SSSR count). The molecule has 6 nitrogen and oxygen atoms in total. The van der Waals surface area contributed by atoms with Gasteiger partial charge in [-0.3, -0.25) is 13.6 Å². The molecule has 0 saturated carbocycles. The summed E-state index contributed by atoms with van der Waals surface area (Å²) < 4.78 is 23.7. The summed E-state index contributed by atoms with van der Waals surface area (Å²) in [5.74, 6) is -0.981. The predicted octanol–water partition coefficient (Wildman–Crippen LogP) is 1.29. The molecule has 0 saturated heterocycles. The van der Waals surface area contributed by atoms with Gasteiger partial charge < -0.3 is 5.11 Å². The van der Waals surface area contributed by atoms with Gasteiger partial charge in [-0.25, -0.2) is 9.36 Å². The molecule has 0 aliphatic carbocycles. The summed E-state index contributed by atoms with van der Waals surface area (Å²) in [6, 6.07) is 0. The Morgan fingerprint density at radius 3 is 1.54 bits per heavy atom. The monoisotopic (exact) mass is 212 g/mol. The number of carboxylic acid groups (broad SMARTS) is 1. The second kappa shape index (κ2) is 7.94. The Balaban J connectivity index is 0. The standard InChI is InChI=1S/C3H9O4P.C3H4O2/c1-5-8(4,6-2)7-3;1-2-3(4)5/h1-3H3;2H,1H2,(H,4,5). The van der Waals surface area contributed by atoms with Crippen molar-refractivity contribution < 1.29 is 28.0 Å². The van der Waals surface area contributed by atoms with E-state index in [0.29, 0.717) is 0 Å². The minimum atomic E-state index is -3.16. The van der Waals surface area contributed by atoms with E-state index in [1.165, 1.54) is 21.3 Å². The Kier molecular flexibility index (Phi) is 9.06. The largest absolute Gasteiger partial charge is 0.478 e. The summed E-state index contributed by atoms with van der Waals surface area (Å²) in [6.07, 6.45) is 0.833. The molecule has 0 aliphatic heterocycles. The van der Waals surface area contributed by atoms with Crippen molar-refractivity contribution in [2.75, 3.05) is 21.3 Å². The van der Waals surface area contributed by atoms with Gasteiger partial charge in [-0.15, -0.1) is 0 Å². The number of carboxylic acids is 1. The van der Waals surface area contributed by atoms with E-state index in [0.717, 1.165) is 6.08 Å². The zero-order valence-corrected chi connectivity index (χ0v) is 8.61. The maximum Gasteiger partial charge on any atom is 0.473 e. The van der Waals surface area contributed by atoms with E-state index >= 15 is 0 Å². The van der Waals surface area contributed by atoms with Gasteiger partial charge in [0.1, 0.15) is 0 Å². The van der Waals surface area contributed by atoms with E-state index in [-0.39, 0.29) is 0 Å². The molecule has 0 aromatic rings. The summed E-state index contributed by atoms with van der Waals surface area (Å²) in [5.41, 5.74) is 0. The average molecular weight is 212 g/mol. The number of hydrogen-bond acceptors (Lipinski definition) is 5. The number of rotatable bonds is 4. The third-order valence-corrected chi connectivity index (χ3v) is 2.19. The van der Waals surface area contributed by atoms with Gasteiger partial charge in [0.05, 0.1) is 0 Å². The molecule has 0 aromatic heterocycles. The molecular weight excluding hydrogens is 199 g/mol. The highest BCUT2D eigenvalue weighted by Crippen LogP contribution is 2.46. The molecule has 0 spiro atoms. The highest BCUT2D eigenvalue weighted by molar-refractivity contribution is 7.48. The van der Waals surface area contributed by atoms with Gasteiger partial charge >= 0.3 is 13.8 Å². The molecular formula is C6H13O6P. The van der Waals surface area contributed by atoms with Gasteiger partial charge in [0.25, 0.3) is 0 Å². The number of phosphoric ester groups is 1. The van der Waals surface area contributed by atoms with E-state index in [1.807, 2.05) is 0 Å². The fraction of sp³-hybridized carbons (Fsp3) is 0.500. The Labute approximate surface area is 76.7 Å². The van der Waals surface area contributed by atoms with Crippen molar-refractivity contribution in [2.24, 2.45) is 0 Å². The summed E-state index contributed by atoms with van der Waals surface area (Å²) in [4.78, 5) is 9.25. The normalized spacial score (nSPS) is 9.77. The fourth-order valence-electron chi connectivity index (χ4n) is 0.224. The smallest absolute Gasteiger partial charge is 0.473 e. The lowest BCUT2D eigenvalue weighted by Gasteiger charge is -2.08. The van der Waals surface area contributed by atoms with Crippen LogP contribution in [0.15, 0.2) is 12.7 Å². The number of hydrogen-bond donors (Lipinski definition) is 1. The Bertz CT molecular complexity index is 182. The van der Waals surface area contributed by atoms with Crippen LogP contribution in [0.1, 0.15) is 0 Å². The third kappa shape index (κ3) is 9.23. The summed E-state index contributed by atoms with van der Waals surface area (Å²) >= 11 is 0. The fourth-order valence-corrected chi connectivity index (χ4v) is 0.671. The third-order valence-electron chi connectivity index (χ3n) is 0.845. The van der Waals surface area contributed by atoms with Crippen LogP contribution in [0.3, 0.4) is 0 Å². The number of carbonyl (C=O) groups is 1. The SMILES string of the molecule is C=CC(=O)O.COP(=O)(OC)OC. The van der Waals surface area contributed by atoms with E-state index in [4.69, 9.17) is 5.11 Å². The quantitative estimate of drug-likeness (QED) is 0.558. The van der Waals surface area contributed by atoms with E-state index < -0.39 is 13.8 Å². The lowest BCUT2D eigenvalue weighted by atomic mass is 10.7. The molecule has 0 bridgehead atoms. The van der Waals surface area contributed by atoms with Gasteiger partial charge in [-0.1, -0.05) is 6.58 Å². The van der Waals surface area contributed by atoms with Crippen molar-refractivity contribution in [3.8, 4) is 0 Å². The lowest BCUT2D eigenvalue weighted by molar-refractivity contribution is -0.131. The first-order valence-corrected chi connectivity index (χ1v) is 4.54. The number of aliphatic carboxylic acids is 1. The molecule has 0 amide bonds. The van der Waals surface area contributed by atoms with Crippen LogP contribution < -0.4 is 0 Å². The zero-order chi connectivity index (χ0) is 10.9. The number of phosphoric acid groups is 1. The van der Waals surface area contributed by atoms with Crippen LogP contribution in [-0.4, -0.2) is 32.4 Å². The van der Waals surface area contributed by atoms with Crippen LogP contribution in [0.5, 0.6) is 0 Å². The van der Waals surface area contributed by atoms with E-state index in [2.05, 4.69) is 20.2 Å². The average Bonchev–Trinajstić information content (AvgIpc) is 2.17. The van der Waals surface area contributed by atoms with Crippen LogP contribution in [0, 0.1) is 0 Å². The van der Waals surface area contributed by atoms with Gasteiger partial charge in [0, 0.05) is 27.4 Å². The first-order chi connectivity index (χ1) is 5.95. The minimum Gasteiger partial charge on any atom is -0.478 e. The van der Waals surface area contributed by atoms with Gasteiger partial charge in [-0.2, -0.15) is 0 Å². The van der Waals surface area contributed by atoms with Crippen molar-refractivity contribution in [1.29, 1.82) is 0 Å². The van der Waals surface area contributed by atoms with Crippen molar-refractivity contribution in [3.05, 3.63) is 12.7 Å². The molecule has 0 radical (unpaired) electrons. The maximum absolute atomic E-state index is 10.7. The zero-order valence-electron chi connectivity index (χ0n) is 7.72. The van der Waals surface area contributed by atoms with Gasteiger partial charge in [0.15, 0.2) is 0 Å². The lowest BCUT2D eigenvalue weighted by Crippen LogP contribution is -1.88. The van der Waals surface area contributed by atoms with Crippen LogP contribution in [-0.2, 0) is 22.9 Å². The Morgan fingerprint density at radius 1 is 1.31 bits per heavy atom. The van der Waals surface area contributed by atoms with E-state index in [9.17, 15) is 9.36 Å². The second-order valence-electron chi connectivity index (χ2n) is 1.54. The molecule has 0 heterocycles. The maximum atomic E-state index is 10.7. The molecule has 0 unspecified atom stereocenters. The Hall–Kier alpha value is -0.680. The van der Waals surface area contributed by atoms with Gasteiger partial charge in [0.2, 0.25) is 0 Å². The van der Waals surface area contributed by atoms with Crippen molar-refractivity contribution in [3.63, 3.8) is 0 Å². The summed E-state index contributed by atoms with van der Waals surface area (Å²) in [6.45, 7) is 2.96. The molecule has 1 N–H and O–H groups in total. The van der Waals surface area contributed by atoms with Gasteiger partial charge in [-0.05, 0) is 0 Å². The molecule has 0 aliphatic rings. The highest BCUT2D eigenvalue weighted by Gasteiger charge is 2.18. The van der Waals surface area contributed by atoms with E-state index in [1.54, 1.807) is 0 Å². The minimum absolute atomic E-state index is 0.833. The van der Waals surface area contributed by atoms with Crippen LogP contribution in [0.25, 0.3) is 0 Å². The second-order valence-corrected chi connectivity index (χ2v) is 3.53. The molecule has 0 fully saturated rings. The summed E-state index contributed by atoms with van der Waals surface area (Å²) in [5, 5.41) is 7.60. The van der Waals surface area contributed by atoms with Crippen LogP contribution >= 0.6 is 7.82 Å². The highest BCUT2D eigenvalue weighted by atomic mass is 31.2. The van der Waals surface area contributed by atoms with Crippen molar-refractivity contribution in [1.82, 2.24) is 0 Å². The van der Waals surface area contributed by atoms with Crippen LogP contribution in [0.2, 0.25) is 0 Å². The van der Waals surface area contributed by atoms with Crippen molar-refractivity contribution >= 4 is 13.8 Å². The first kappa shape index (κ1) is 14.8. The van der Waals surface area contributed by atoms with Crippen molar-refractivity contribution in [2.45, 2.75) is 0 Å².